The van der Waals surface area contributed by atoms with Gasteiger partial charge in [-0.3, -0.25) is 29.4 Å². The molecule has 0 spiro atoms. The summed E-state index contributed by atoms with van der Waals surface area (Å²) >= 11 is 0. The molecule has 0 aromatic heterocycles. The second kappa shape index (κ2) is 12.8. The van der Waals surface area contributed by atoms with E-state index in [0.717, 1.165) is 11.3 Å². The summed E-state index contributed by atoms with van der Waals surface area (Å²) in [6, 6.07) is 3.95. The molecule has 3 rings (SSSR count). The van der Waals surface area contributed by atoms with Crippen molar-refractivity contribution in [2.24, 2.45) is 0 Å². The molecule has 190 valence electrons. The van der Waals surface area contributed by atoms with E-state index in [1.807, 2.05) is 0 Å². The van der Waals surface area contributed by atoms with E-state index in [1.54, 1.807) is 18.2 Å². The van der Waals surface area contributed by atoms with Gasteiger partial charge < -0.3 is 25.2 Å². The Morgan fingerprint density at radius 1 is 1.00 bits per heavy atom. The molecule has 35 heavy (non-hydrogen) atoms. The molecule has 2 heterocycles. The number of amides is 5. The van der Waals surface area contributed by atoms with E-state index in [4.69, 9.17) is 14.6 Å². The third kappa shape index (κ3) is 6.99. The van der Waals surface area contributed by atoms with Gasteiger partial charge in [-0.1, -0.05) is 6.07 Å². The minimum Gasteiger partial charge on any atom is -0.465 e. The molecule has 4 N–H and O–H groups in total. The zero-order chi connectivity index (χ0) is 25.2. The van der Waals surface area contributed by atoms with E-state index in [2.05, 4.69) is 16.0 Å². The normalized spacial score (nSPS) is 17.4. The molecule has 1 saturated heterocycles. The second-order valence-electron chi connectivity index (χ2n) is 8.12. The Morgan fingerprint density at radius 3 is 2.37 bits per heavy atom. The molecule has 1 fully saturated rings. The summed E-state index contributed by atoms with van der Waals surface area (Å²) in [4.78, 5) is 60.8. The maximum Gasteiger partial charge on any atom is 0.404 e. The highest BCUT2D eigenvalue weighted by molar-refractivity contribution is 6.25. The van der Waals surface area contributed by atoms with Crippen molar-refractivity contribution in [1.29, 1.82) is 0 Å². The topological polar surface area (TPSA) is 163 Å². The van der Waals surface area contributed by atoms with Gasteiger partial charge in [0.15, 0.2) is 0 Å². The minimum absolute atomic E-state index is 0.0747. The highest BCUT2D eigenvalue weighted by Gasteiger charge is 2.45. The van der Waals surface area contributed by atoms with Gasteiger partial charge in [-0.2, -0.15) is 0 Å². The summed E-state index contributed by atoms with van der Waals surface area (Å²) in [6.07, 6.45) is 1.15. The molecule has 1 aromatic carbocycles. The first-order valence-electron chi connectivity index (χ1n) is 11.6. The zero-order valence-corrected chi connectivity index (χ0v) is 19.3. The predicted molar refractivity (Wildman–Crippen MR) is 123 cm³/mol. The first-order valence-corrected chi connectivity index (χ1v) is 11.6. The van der Waals surface area contributed by atoms with Gasteiger partial charge in [0.05, 0.1) is 11.1 Å². The molecular weight excluding hydrogens is 460 g/mol. The fourth-order valence-corrected chi connectivity index (χ4v) is 3.90. The number of nitrogens with one attached hydrogen (secondary N) is 3. The Bertz CT molecular complexity index is 967. The highest BCUT2D eigenvalue weighted by atomic mass is 16.5. The van der Waals surface area contributed by atoms with Crippen molar-refractivity contribution in [3.63, 3.8) is 0 Å². The van der Waals surface area contributed by atoms with Gasteiger partial charge in [0.2, 0.25) is 11.8 Å². The minimum atomic E-state index is -1.04. The summed E-state index contributed by atoms with van der Waals surface area (Å²) < 4.78 is 11.0. The van der Waals surface area contributed by atoms with Crippen molar-refractivity contribution in [3.8, 4) is 0 Å². The molecule has 0 saturated carbocycles. The number of fused-ring (bicyclic) bond motifs is 1. The van der Waals surface area contributed by atoms with Crippen LogP contribution in [0.15, 0.2) is 18.2 Å². The molecule has 12 heteroatoms. The Hall–Kier alpha value is -3.51. The lowest BCUT2D eigenvalue weighted by Gasteiger charge is -2.27. The summed E-state index contributed by atoms with van der Waals surface area (Å²) in [5.74, 6) is -2.13. The van der Waals surface area contributed by atoms with Crippen LogP contribution in [0.2, 0.25) is 0 Å². The van der Waals surface area contributed by atoms with Crippen LogP contribution < -0.4 is 16.0 Å². The summed E-state index contributed by atoms with van der Waals surface area (Å²) in [5.41, 5.74) is 0.986. The molecule has 0 bridgehead atoms. The average Bonchev–Trinajstić information content (AvgIpc) is 3.07. The van der Waals surface area contributed by atoms with E-state index < -0.39 is 35.8 Å². The van der Waals surface area contributed by atoms with Gasteiger partial charge in [0.25, 0.3) is 11.8 Å². The smallest absolute Gasteiger partial charge is 0.404 e. The number of rotatable bonds is 14. The number of hydrogen-bond acceptors (Lipinski definition) is 8. The van der Waals surface area contributed by atoms with Gasteiger partial charge >= 0.3 is 6.09 Å². The molecule has 2 aliphatic rings. The maximum atomic E-state index is 13.0. The highest BCUT2D eigenvalue weighted by Crippen LogP contribution is 2.32. The largest absolute Gasteiger partial charge is 0.465 e. The van der Waals surface area contributed by atoms with Gasteiger partial charge in [-0.15, -0.1) is 0 Å². The van der Waals surface area contributed by atoms with Crippen molar-refractivity contribution in [2.45, 2.75) is 38.1 Å². The number of hydrogen-bond donors (Lipinski definition) is 4. The van der Waals surface area contributed by atoms with Gasteiger partial charge in [0.1, 0.15) is 6.04 Å². The molecule has 0 radical (unpaired) electrons. The standard InChI is InChI=1S/C23H30N4O8/c28-18-8-7-17(20(29)26-18)27-21(30)15-5-1-6-16(19(15)22(27)31)24-9-2-11-34-13-4-14-35-12-3-10-25-23(32)33/h1,5-6,17,24-25H,2-4,7-14H2,(H,32,33)(H,26,28,29). The van der Waals surface area contributed by atoms with Crippen LogP contribution >= 0.6 is 0 Å². The molecular formula is C23H30N4O8. The first-order chi connectivity index (χ1) is 16.9. The van der Waals surface area contributed by atoms with E-state index in [1.165, 1.54) is 0 Å². The number of benzene rings is 1. The number of carbonyl (C=O) groups is 5. The van der Waals surface area contributed by atoms with Crippen LogP contribution in [0.5, 0.6) is 0 Å². The predicted octanol–water partition coefficient (Wildman–Crippen LogP) is 0.971. The molecule has 1 aromatic rings. The molecule has 12 nitrogen and oxygen atoms in total. The van der Waals surface area contributed by atoms with Crippen LogP contribution in [0.3, 0.4) is 0 Å². The molecule has 1 unspecified atom stereocenters. The molecule has 2 aliphatic heterocycles. The van der Waals surface area contributed by atoms with Crippen LogP contribution in [-0.4, -0.2) is 85.3 Å². The number of carbonyl (C=O) groups excluding carboxylic acids is 4. The zero-order valence-electron chi connectivity index (χ0n) is 19.3. The lowest BCUT2D eigenvalue weighted by atomic mass is 10.0. The SMILES string of the molecule is O=C(O)NCCCOCCCOCCCNc1cccc2c1C(=O)N(C1CCC(=O)NC1=O)C2=O. The number of imide groups is 2. The fourth-order valence-electron chi connectivity index (χ4n) is 3.90. The lowest BCUT2D eigenvalue weighted by molar-refractivity contribution is -0.136. The summed E-state index contributed by atoms with van der Waals surface area (Å²) in [6.45, 7) is 2.92. The number of anilines is 1. The first kappa shape index (κ1) is 26.1. The average molecular weight is 491 g/mol. The molecule has 1 atom stereocenters. The van der Waals surface area contributed by atoms with Crippen LogP contribution in [0.1, 0.15) is 52.8 Å². The van der Waals surface area contributed by atoms with Crippen LogP contribution in [0.25, 0.3) is 0 Å². The number of piperidine rings is 1. The van der Waals surface area contributed by atoms with E-state index >= 15 is 0 Å². The quantitative estimate of drug-likeness (QED) is 0.220. The van der Waals surface area contributed by atoms with Crippen molar-refractivity contribution >= 4 is 35.4 Å². The van der Waals surface area contributed by atoms with Crippen molar-refractivity contribution in [3.05, 3.63) is 29.3 Å². The van der Waals surface area contributed by atoms with Crippen LogP contribution in [0.4, 0.5) is 10.5 Å². The lowest BCUT2D eigenvalue weighted by Crippen LogP contribution is -2.54. The second-order valence-corrected chi connectivity index (χ2v) is 8.12. The van der Waals surface area contributed by atoms with Crippen molar-refractivity contribution in [1.82, 2.24) is 15.5 Å². The van der Waals surface area contributed by atoms with E-state index in [-0.39, 0.29) is 24.0 Å². The van der Waals surface area contributed by atoms with Gasteiger partial charge in [-0.25, -0.2) is 4.79 Å². The summed E-state index contributed by atoms with van der Waals surface area (Å²) in [7, 11) is 0. The third-order valence-corrected chi connectivity index (χ3v) is 5.57. The number of nitrogens with zero attached hydrogens (tertiary/aromatic N) is 1. The Balaban J connectivity index is 1.36. The van der Waals surface area contributed by atoms with Gasteiger partial charge in [0, 0.05) is 51.6 Å². The fraction of sp³-hybridized carbons (Fsp3) is 0.522. The van der Waals surface area contributed by atoms with Gasteiger partial charge in [-0.05, 0) is 37.8 Å². The number of carboxylic acid groups (broad SMARTS) is 1. The van der Waals surface area contributed by atoms with Crippen LogP contribution in [-0.2, 0) is 19.1 Å². The van der Waals surface area contributed by atoms with Crippen LogP contribution in [0, 0.1) is 0 Å². The molecule has 5 amide bonds. The molecule has 0 aliphatic carbocycles. The van der Waals surface area contributed by atoms with Crippen molar-refractivity contribution in [2.75, 3.05) is 44.8 Å². The third-order valence-electron chi connectivity index (χ3n) is 5.57. The van der Waals surface area contributed by atoms with E-state index in [0.29, 0.717) is 58.0 Å². The Morgan fingerprint density at radius 2 is 1.69 bits per heavy atom. The van der Waals surface area contributed by atoms with Crippen molar-refractivity contribution < 1.29 is 38.6 Å². The summed E-state index contributed by atoms with van der Waals surface area (Å²) in [5, 5.41) is 16.1. The Kier molecular flexibility index (Phi) is 9.56. The monoisotopic (exact) mass is 490 g/mol. The Labute approximate surface area is 202 Å². The van der Waals surface area contributed by atoms with E-state index in [9.17, 15) is 24.0 Å². The number of ether oxygens (including phenoxy) is 2. The maximum absolute atomic E-state index is 13.0.